The van der Waals surface area contributed by atoms with Gasteiger partial charge < -0.3 is 11.1 Å². The van der Waals surface area contributed by atoms with Crippen molar-refractivity contribution in [3.05, 3.63) is 0 Å². The summed E-state index contributed by atoms with van der Waals surface area (Å²) in [6.45, 7) is 1.05. The Morgan fingerprint density at radius 1 is 1.10 bits per heavy atom. The molecule has 2 nitrogen and oxygen atoms in total. The van der Waals surface area contributed by atoms with E-state index in [0.717, 1.165) is 18.5 Å². The Morgan fingerprint density at radius 3 is 2.50 bits per heavy atom. The molecule has 1 atom stereocenters. The molecule has 0 radical (unpaired) electrons. The van der Waals surface area contributed by atoms with Crippen molar-refractivity contribution < 1.29 is 0 Å². The quantitative estimate of drug-likeness (QED) is 0.513. The van der Waals surface area contributed by atoms with Crippen LogP contribution in [-0.2, 0) is 0 Å². The molecule has 0 aromatic carbocycles. The molecule has 58 valence electrons. The number of hydrogen-bond donors (Lipinski definition) is 2. The zero-order valence-corrected chi connectivity index (χ0v) is 6.34. The average molecular weight is 140 g/mol. The van der Waals surface area contributed by atoms with Crippen molar-refractivity contribution in [2.24, 2.45) is 11.7 Å². The molecule has 2 saturated heterocycles. The van der Waals surface area contributed by atoms with E-state index in [2.05, 4.69) is 5.32 Å². The van der Waals surface area contributed by atoms with Crippen LogP contribution in [0, 0.1) is 5.92 Å². The van der Waals surface area contributed by atoms with Gasteiger partial charge in [-0.2, -0.15) is 0 Å². The Bertz CT molecular complexity index is 116. The number of nitrogens with one attached hydrogen (secondary N) is 1. The molecule has 0 aromatic heterocycles. The van der Waals surface area contributed by atoms with Gasteiger partial charge in [-0.1, -0.05) is 0 Å². The topological polar surface area (TPSA) is 38.0 Å². The standard InChI is InChI=1S/C8H16N2/c9-8-5-10-7-3-1-6(8)2-4-7/h6-8,10H,1-5,9H2. The smallest absolute Gasteiger partial charge is 0.0194 e. The number of rotatable bonds is 0. The summed E-state index contributed by atoms with van der Waals surface area (Å²) in [5, 5.41) is 3.50. The van der Waals surface area contributed by atoms with Crippen LogP contribution in [0.15, 0.2) is 0 Å². The van der Waals surface area contributed by atoms with Gasteiger partial charge in [0.25, 0.3) is 0 Å². The number of hydrogen-bond acceptors (Lipinski definition) is 2. The first kappa shape index (κ1) is 6.62. The Hall–Kier alpha value is -0.0800. The van der Waals surface area contributed by atoms with Crippen molar-refractivity contribution in [1.82, 2.24) is 5.32 Å². The highest BCUT2D eigenvalue weighted by Crippen LogP contribution is 2.28. The molecule has 0 aromatic rings. The molecule has 2 heterocycles. The van der Waals surface area contributed by atoms with E-state index in [9.17, 15) is 0 Å². The molecule has 3 N–H and O–H groups in total. The molecule has 2 bridgehead atoms. The van der Waals surface area contributed by atoms with Gasteiger partial charge in [0.1, 0.15) is 0 Å². The van der Waals surface area contributed by atoms with Gasteiger partial charge in [0.2, 0.25) is 0 Å². The summed E-state index contributed by atoms with van der Waals surface area (Å²) in [7, 11) is 0. The molecule has 3 fully saturated rings. The Labute approximate surface area is 62.2 Å². The normalized spacial score (nSPS) is 47.1. The van der Waals surface area contributed by atoms with Crippen LogP contribution in [0.25, 0.3) is 0 Å². The van der Waals surface area contributed by atoms with Crippen LogP contribution in [0.1, 0.15) is 25.7 Å². The lowest BCUT2D eigenvalue weighted by Crippen LogP contribution is -2.36. The largest absolute Gasteiger partial charge is 0.326 e. The van der Waals surface area contributed by atoms with Crippen LogP contribution in [0.4, 0.5) is 0 Å². The fraction of sp³-hybridized carbons (Fsp3) is 1.00. The molecule has 1 unspecified atom stereocenters. The first-order valence-corrected chi connectivity index (χ1v) is 4.35. The van der Waals surface area contributed by atoms with Gasteiger partial charge in [-0.05, 0) is 31.6 Å². The minimum Gasteiger partial charge on any atom is -0.326 e. The fourth-order valence-electron chi connectivity index (χ4n) is 2.22. The van der Waals surface area contributed by atoms with Gasteiger partial charge in [-0.15, -0.1) is 0 Å². The van der Waals surface area contributed by atoms with E-state index < -0.39 is 0 Å². The predicted molar refractivity (Wildman–Crippen MR) is 41.7 cm³/mol. The fourth-order valence-corrected chi connectivity index (χ4v) is 2.22. The number of nitrogens with two attached hydrogens (primary N) is 1. The SMILES string of the molecule is NC1CNC2CCC1CC2. The van der Waals surface area contributed by atoms with Crippen LogP contribution < -0.4 is 11.1 Å². The summed E-state index contributed by atoms with van der Waals surface area (Å²) in [5.74, 6) is 0.825. The molecule has 0 spiro atoms. The summed E-state index contributed by atoms with van der Waals surface area (Å²) in [6.07, 6.45) is 5.44. The highest BCUT2D eigenvalue weighted by molar-refractivity contribution is 4.88. The van der Waals surface area contributed by atoms with Crippen LogP contribution >= 0.6 is 0 Å². The lowest BCUT2D eigenvalue weighted by atomic mass is 9.84. The van der Waals surface area contributed by atoms with Crippen molar-refractivity contribution in [2.75, 3.05) is 6.54 Å². The van der Waals surface area contributed by atoms with E-state index in [-0.39, 0.29) is 0 Å². The van der Waals surface area contributed by atoms with Crippen LogP contribution in [-0.4, -0.2) is 18.6 Å². The Kier molecular flexibility index (Phi) is 1.66. The second kappa shape index (κ2) is 2.51. The van der Waals surface area contributed by atoms with E-state index in [0.29, 0.717) is 6.04 Å². The molecule has 2 heteroatoms. The van der Waals surface area contributed by atoms with Gasteiger partial charge in [-0.25, -0.2) is 0 Å². The summed E-state index contributed by atoms with van der Waals surface area (Å²) < 4.78 is 0. The van der Waals surface area contributed by atoms with Crippen molar-refractivity contribution in [2.45, 2.75) is 37.8 Å². The summed E-state index contributed by atoms with van der Waals surface area (Å²) in [4.78, 5) is 0. The summed E-state index contributed by atoms with van der Waals surface area (Å²) >= 11 is 0. The highest BCUT2D eigenvalue weighted by atomic mass is 15.0. The third-order valence-electron chi connectivity index (χ3n) is 3.02. The predicted octanol–water partition coefficient (Wildman–Crippen LogP) is 0.476. The molecule has 3 rings (SSSR count). The third kappa shape index (κ3) is 1.06. The molecular formula is C8H16N2. The summed E-state index contributed by atoms with van der Waals surface area (Å²) in [6, 6.07) is 1.23. The molecule has 1 aliphatic carbocycles. The second-order valence-corrected chi connectivity index (χ2v) is 3.68. The number of fused-ring (bicyclic) bond motifs is 4. The van der Waals surface area contributed by atoms with Crippen molar-refractivity contribution in [3.63, 3.8) is 0 Å². The van der Waals surface area contributed by atoms with Gasteiger partial charge >= 0.3 is 0 Å². The van der Waals surface area contributed by atoms with Crippen LogP contribution in [0.3, 0.4) is 0 Å². The molecule has 0 amide bonds. The Morgan fingerprint density at radius 2 is 1.80 bits per heavy atom. The van der Waals surface area contributed by atoms with Gasteiger partial charge in [0, 0.05) is 18.6 Å². The molecular weight excluding hydrogens is 124 g/mol. The van der Waals surface area contributed by atoms with E-state index in [1.54, 1.807) is 0 Å². The maximum absolute atomic E-state index is 5.95. The van der Waals surface area contributed by atoms with E-state index in [4.69, 9.17) is 5.73 Å². The molecule has 3 aliphatic rings. The van der Waals surface area contributed by atoms with Crippen molar-refractivity contribution in [3.8, 4) is 0 Å². The molecule has 2 aliphatic heterocycles. The first-order chi connectivity index (χ1) is 4.86. The molecule has 10 heavy (non-hydrogen) atoms. The van der Waals surface area contributed by atoms with Crippen LogP contribution in [0.2, 0.25) is 0 Å². The minimum absolute atomic E-state index is 0.437. The first-order valence-electron chi connectivity index (χ1n) is 4.35. The van der Waals surface area contributed by atoms with E-state index >= 15 is 0 Å². The van der Waals surface area contributed by atoms with Gasteiger partial charge in [0.15, 0.2) is 0 Å². The average Bonchev–Trinajstić information content (AvgIpc) is 2.24. The van der Waals surface area contributed by atoms with Crippen molar-refractivity contribution in [1.29, 1.82) is 0 Å². The van der Waals surface area contributed by atoms with E-state index in [1.807, 2.05) is 0 Å². The minimum atomic E-state index is 0.437. The second-order valence-electron chi connectivity index (χ2n) is 3.68. The van der Waals surface area contributed by atoms with Gasteiger partial charge in [0.05, 0.1) is 0 Å². The van der Waals surface area contributed by atoms with Crippen LogP contribution in [0.5, 0.6) is 0 Å². The zero-order valence-electron chi connectivity index (χ0n) is 6.34. The highest BCUT2D eigenvalue weighted by Gasteiger charge is 2.29. The lowest BCUT2D eigenvalue weighted by molar-refractivity contribution is 0.325. The van der Waals surface area contributed by atoms with Crippen molar-refractivity contribution >= 4 is 0 Å². The maximum Gasteiger partial charge on any atom is 0.0194 e. The van der Waals surface area contributed by atoms with Gasteiger partial charge in [-0.3, -0.25) is 0 Å². The Balaban J connectivity index is 2.07. The zero-order chi connectivity index (χ0) is 6.97. The van der Waals surface area contributed by atoms with E-state index in [1.165, 1.54) is 25.7 Å². The molecule has 1 saturated carbocycles. The maximum atomic E-state index is 5.95. The lowest BCUT2D eigenvalue weighted by Gasteiger charge is -2.24. The summed E-state index contributed by atoms with van der Waals surface area (Å²) in [5.41, 5.74) is 5.95. The monoisotopic (exact) mass is 140 g/mol. The third-order valence-corrected chi connectivity index (χ3v) is 3.02.